The zero-order chi connectivity index (χ0) is 15.6. The van der Waals surface area contributed by atoms with Gasteiger partial charge in [0.2, 0.25) is 0 Å². The Morgan fingerprint density at radius 1 is 1.57 bits per heavy atom. The molecule has 118 valence electrons. The molecule has 0 spiro atoms. The van der Waals surface area contributed by atoms with Gasteiger partial charge >= 0.3 is 6.18 Å². The van der Waals surface area contributed by atoms with E-state index in [2.05, 4.69) is 4.98 Å². The Labute approximate surface area is 123 Å². The molecule has 0 aliphatic carbocycles. The molecule has 1 amide bonds. The predicted molar refractivity (Wildman–Crippen MR) is 70.5 cm³/mol. The van der Waals surface area contributed by atoms with E-state index in [-0.39, 0.29) is 23.6 Å². The van der Waals surface area contributed by atoms with Gasteiger partial charge in [0.25, 0.3) is 5.91 Å². The lowest BCUT2D eigenvalue weighted by Crippen LogP contribution is -2.36. The summed E-state index contributed by atoms with van der Waals surface area (Å²) >= 11 is 0.884. The van der Waals surface area contributed by atoms with Gasteiger partial charge in [-0.05, 0) is 12.8 Å². The second-order valence-corrected chi connectivity index (χ2v) is 5.82. The molecule has 0 bridgehead atoms. The Balaban J connectivity index is 1.93. The van der Waals surface area contributed by atoms with Crippen molar-refractivity contribution in [2.75, 3.05) is 13.6 Å². The maximum atomic E-state index is 12.5. The number of amides is 1. The molecule has 2 heterocycles. The van der Waals surface area contributed by atoms with Crippen LogP contribution in [-0.2, 0) is 22.3 Å². The zero-order valence-electron chi connectivity index (χ0n) is 11.4. The third kappa shape index (κ3) is 3.92. The number of hydrogen-bond donors (Lipinski definition) is 1. The van der Waals surface area contributed by atoms with Crippen LogP contribution in [0.25, 0.3) is 0 Å². The summed E-state index contributed by atoms with van der Waals surface area (Å²) in [5, 5.41) is 1.19. The van der Waals surface area contributed by atoms with Crippen LogP contribution in [0.15, 0.2) is 5.38 Å². The number of hydrogen-bond acceptors (Lipinski definition) is 5. The van der Waals surface area contributed by atoms with Gasteiger partial charge in [-0.25, -0.2) is 4.98 Å². The van der Waals surface area contributed by atoms with E-state index in [0.717, 1.165) is 23.1 Å². The fourth-order valence-corrected chi connectivity index (χ4v) is 2.95. The lowest BCUT2D eigenvalue weighted by atomic mass is 10.2. The highest BCUT2D eigenvalue weighted by Crippen LogP contribution is 2.30. The van der Waals surface area contributed by atoms with Crippen molar-refractivity contribution >= 4 is 17.2 Å². The van der Waals surface area contributed by atoms with E-state index in [4.69, 9.17) is 10.5 Å². The molecule has 5 nitrogen and oxygen atoms in total. The number of nitrogens with two attached hydrogens (primary N) is 1. The van der Waals surface area contributed by atoms with Crippen LogP contribution in [0.4, 0.5) is 13.2 Å². The topological polar surface area (TPSA) is 68.5 Å². The van der Waals surface area contributed by atoms with Crippen LogP contribution < -0.4 is 5.73 Å². The van der Waals surface area contributed by atoms with Crippen LogP contribution in [0, 0.1) is 0 Å². The third-order valence-corrected chi connectivity index (χ3v) is 4.07. The maximum Gasteiger partial charge on any atom is 0.434 e. The number of carbonyl (C=O) groups is 1. The second-order valence-electron chi connectivity index (χ2n) is 4.88. The number of rotatable bonds is 4. The van der Waals surface area contributed by atoms with E-state index in [1.54, 1.807) is 0 Å². The number of halogens is 3. The lowest BCUT2D eigenvalue weighted by Gasteiger charge is -2.20. The fourth-order valence-electron chi connectivity index (χ4n) is 2.10. The Kier molecular flexibility index (Phi) is 4.84. The Morgan fingerprint density at radius 2 is 2.29 bits per heavy atom. The van der Waals surface area contributed by atoms with Gasteiger partial charge in [0, 0.05) is 19.0 Å². The lowest BCUT2D eigenvalue weighted by molar-refractivity contribution is -0.142. The molecule has 1 aliphatic heterocycles. The molecular weight excluding hydrogens is 307 g/mol. The normalized spacial score (nSPS) is 22.5. The highest BCUT2D eigenvalue weighted by molar-refractivity contribution is 7.09. The zero-order valence-corrected chi connectivity index (χ0v) is 12.2. The first-order chi connectivity index (χ1) is 9.81. The van der Waals surface area contributed by atoms with Crippen molar-refractivity contribution in [3.05, 3.63) is 16.1 Å². The van der Waals surface area contributed by atoms with Crippen molar-refractivity contribution in [2.45, 2.75) is 37.8 Å². The molecule has 1 fully saturated rings. The minimum atomic E-state index is -4.46. The van der Waals surface area contributed by atoms with Gasteiger partial charge in [-0.15, -0.1) is 11.3 Å². The van der Waals surface area contributed by atoms with Crippen molar-refractivity contribution < 1.29 is 22.7 Å². The first-order valence-electron chi connectivity index (χ1n) is 6.43. The second kappa shape index (κ2) is 6.29. The van der Waals surface area contributed by atoms with Gasteiger partial charge in [0.05, 0.1) is 12.6 Å². The fraction of sp³-hybridized carbons (Fsp3) is 0.667. The van der Waals surface area contributed by atoms with E-state index >= 15 is 0 Å². The van der Waals surface area contributed by atoms with E-state index in [1.807, 2.05) is 0 Å². The average molecular weight is 323 g/mol. The highest BCUT2D eigenvalue weighted by atomic mass is 32.1. The number of alkyl halides is 3. The summed E-state index contributed by atoms with van der Waals surface area (Å²) in [7, 11) is 1.52. The number of carbonyl (C=O) groups excluding carboxylic acids is 1. The Bertz CT molecular complexity index is 506. The minimum Gasteiger partial charge on any atom is -0.364 e. The number of thiazole rings is 1. The van der Waals surface area contributed by atoms with Crippen LogP contribution in [0.3, 0.4) is 0 Å². The summed E-state index contributed by atoms with van der Waals surface area (Å²) in [5.41, 5.74) is 4.55. The molecule has 1 aromatic rings. The van der Waals surface area contributed by atoms with Crippen LogP contribution in [0.1, 0.15) is 23.5 Å². The van der Waals surface area contributed by atoms with Gasteiger partial charge in [0.15, 0.2) is 5.69 Å². The number of ether oxygens (including phenoxy) is 1. The molecule has 1 aromatic heterocycles. The first kappa shape index (κ1) is 16.2. The maximum absolute atomic E-state index is 12.5. The summed E-state index contributed by atoms with van der Waals surface area (Å²) in [4.78, 5) is 17.0. The molecule has 2 atom stereocenters. The highest BCUT2D eigenvalue weighted by Gasteiger charge is 2.35. The SMILES string of the molecule is CN(Cc1nc(C(F)(F)F)cs1)C(=O)[C@@H]1CC[C@H](CN)O1. The number of nitrogens with zero attached hydrogens (tertiary/aromatic N) is 2. The van der Waals surface area contributed by atoms with Gasteiger partial charge in [-0.2, -0.15) is 13.2 Å². The molecule has 1 saturated heterocycles. The molecule has 1 aliphatic rings. The Hall–Kier alpha value is -1.19. The van der Waals surface area contributed by atoms with Crippen LogP contribution >= 0.6 is 11.3 Å². The van der Waals surface area contributed by atoms with E-state index in [0.29, 0.717) is 13.0 Å². The van der Waals surface area contributed by atoms with Crippen molar-refractivity contribution in [1.82, 2.24) is 9.88 Å². The summed E-state index contributed by atoms with van der Waals surface area (Å²) in [6, 6.07) is 0. The van der Waals surface area contributed by atoms with Gasteiger partial charge < -0.3 is 15.4 Å². The largest absolute Gasteiger partial charge is 0.434 e. The van der Waals surface area contributed by atoms with E-state index < -0.39 is 18.0 Å². The monoisotopic (exact) mass is 323 g/mol. The summed E-state index contributed by atoms with van der Waals surface area (Å²) in [6.07, 6.45) is -3.85. The van der Waals surface area contributed by atoms with Crippen molar-refractivity contribution in [1.29, 1.82) is 0 Å². The summed E-state index contributed by atoms with van der Waals surface area (Å²) < 4.78 is 42.8. The molecular formula is C12H16F3N3O2S. The molecule has 0 unspecified atom stereocenters. The summed E-state index contributed by atoms with van der Waals surface area (Å²) in [6.45, 7) is 0.391. The molecule has 0 radical (unpaired) electrons. The van der Waals surface area contributed by atoms with Crippen LogP contribution in [-0.4, -0.2) is 41.6 Å². The standard InChI is InChI=1S/C12H16F3N3O2S/c1-18(11(19)8-3-2-7(4-16)20-8)5-10-17-9(6-21-10)12(13,14)15/h6-8H,2-5,16H2,1H3/t7-,8+/m1/s1. The van der Waals surface area contributed by atoms with Crippen molar-refractivity contribution in [3.63, 3.8) is 0 Å². The molecule has 2 rings (SSSR count). The summed E-state index contributed by atoms with van der Waals surface area (Å²) in [5.74, 6) is -0.255. The van der Waals surface area contributed by atoms with E-state index in [9.17, 15) is 18.0 Å². The van der Waals surface area contributed by atoms with E-state index in [1.165, 1.54) is 11.9 Å². The Morgan fingerprint density at radius 3 is 2.81 bits per heavy atom. The minimum absolute atomic E-state index is 0.0345. The van der Waals surface area contributed by atoms with Gasteiger partial charge in [-0.1, -0.05) is 0 Å². The molecule has 21 heavy (non-hydrogen) atoms. The molecule has 9 heteroatoms. The number of aromatic nitrogens is 1. The van der Waals surface area contributed by atoms with Gasteiger partial charge in [0.1, 0.15) is 11.1 Å². The molecule has 2 N–H and O–H groups in total. The van der Waals surface area contributed by atoms with Gasteiger partial charge in [-0.3, -0.25) is 4.79 Å². The molecule has 0 saturated carbocycles. The first-order valence-corrected chi connectivity index (χ1v) is 7.31. The van der Waals surface area contributed by atoms with Crippen molar-refractivity contribution in [3.8, 4) is 0 Å². The number of likely N-dealkylation sites (N-methyl/N-ethyl adjacent to an activating group) is 1. The smallest absolute Gasteiger partial charge is 0.364 e. The quantitative estimate of drug-likeness (QED) is 0.914. The third-order valence-electron chi connectivity index (χ3n) is 3.24. The van der Waals surface area contributed by atoms with Crippen LogP contribution in [0.2, 0.25) is 0 Å². The average Bonchev–Trinajstić information content (AvgIpc) is 3.05. The van der Waals surface area contributed by atoms with Crippen molar-refractivity contribution in [2.24, 2.45) is 5.73 Å². The van der Waals surface area contributed by atoms with Crippen LogP contribution in [0.5, 0.6) is 0 Å². The molecule has 0 aromatic carbocycles. The predicted octanol–water partition coefficient (Wildman–Crippen LogP) is 1.63.